The standard InChI is InChI=1S/C12H19N3S/c1-15(8-11-3-2-4-13-7-11)9-12-10-16-6-5-14-12/h2-4,7,12,14H,5-6,8-10H2,1H3. The largest absolute Gasteiger partial charge is 0.311 e. The Morgan fingerprint density at radius 3 is 3.25 bits per heavy atom. The Kier molecular flexibility index (Phi) is 4.63. The topological polar surface area (TPSA) is 28.2 Å². The van der Waals surface area contributed by atoms with Crippen LogP contribution in [0.3, 0.4) is 0 Å². The van der Waals surface area contributed by atoms with Crippen LogP contribution in [0.25, 0.3) is 0 Å². The fourth-order valence-corrected chi connectivity index (χ4v) is 2.92. The van der Waals surface area contributed by atoms with Gasteiger partial charge in [0.1, 0.15) is 0 Å². The van der Waals surface area contributed by atoms with Crippen LogP contribution in [0.5, 0.6) is 0 Å². The van der Waals surface area contributed by atoms with E-state index < -0.39 is 0 Å². The van der Waals surface area contributed by atoms with Crippen molar-refractivity contribution in [3.05, 3.63) is 30.1 Å². The molecule has 0 bridgehead atoms. The Morgan fingerprint density at radius 1 is 1.62 bits per heavy atom. The van der Waals surface area contributed by atoms with Crippen molar-refractivity contribution in [1.29, 1.82) is 0 Å². The summed E-state index contributed by atoms with van der Waals surface area (Å²) in [5.41, 5.74) is 1.29. The lowest BCUT2D eigenvalue weighted by Gasteiger charge is -2.27. The fraction of sp³-hybridized carbons (Fsp3) is 0.583. The summed E-state index contributed by atoms with van der Waals surface area (Å²) in [5, 5.41) is 3.56. The minimum atomic E-state index is 0.639. The van der Waals surface area contributed by atoms with Gasteiger partial charge in [-0.15, -0.1) is 0 Å². The minimum absolute atomic E-state index is 0.639. The van der Waals surface area contributed by atoms with Gasteiger partial charge in [-0.25, -0.2) is 0 Å². The van der Waals surface area contributed by atoms with Crippen LogP contribution in [0, 0.1) is 0 Å². The molecule has 4 heteroatoms. The zero-order valence-corrected chi connectivity index (χ0v) is 10.5. The van der Waals surface area contributed by atoms with Gasteiger partial charge in [-0.05, 0) is 18.7 Å². The number of hydrogen-bond donors (Lipinski definition) is 1. The van der Waals surface area contributed by atoms with Crippen LogP contribution < -0.4 is 5.32 Å². The zero-order valence-electron chi connectivity index (χ0n) is 9.72. The van der Waals surface area contributed by atoms with Crippen LogP contribution in [0.2, 0.25) is 0 Å². The molecule has 0 aliphatic carbocycles. The van der Waals surface area contributed by atoms with Crippen molar-refractivity contribution in [2.75, 3.05) is 31.6 Å². The van der Waals surface area contributed by atoms with E-state index in [-0.39, 0.29) is 0 Å². The molecule has 16 heavy (non-hydrogen) atoms. The summed E-state index contributed by atoms with van der Waals surface area (Å²) in [6, 6.07) is 4.77. The van der Waals surface area contributed by atoms with Crippen molar-refractivity contribution < 1.29 is 0 Å². The van der Waals surface area contributed by atoms with Crippen molar-refractivity contribution in [2.24, 2.45) is 0 Å². The van der Waals surface area contributed by atoms with Gasteiger partial charge in [-0.2, -0.15) is 11.8 Å². The van der Waals surface area contributed by atoms with Crippen molar-refractivity contribution in [1.82, 2.24) is 15.2 Å². The molecule has 1 atom stereocenters. The third-order valence-corrected chi connectivity index (χ3v) is 3.84. The number of thioether (sulfide) groups is 1. The van der Waals surface area contributed by atoms with E-state index >= 15 is 0 Å². The first kappa shape index (κ1) is 11.9. The van der Waals surface area contributed by atoms with Crippen molar-refractivity contribution in [3.63, 3.8) is 0 Å². The molecule has 3 nitrogen and oxygen atoms in total. The van der Waals surface area contributed by atoms with Gasteiger partial charge in [0.2, 0.25) is 0 Å². The highest BCUT2D eigenvalue weighted by Crippen LogP contribution is 2.09. The second-order valence-electron chi connectivity index (χ2n) is 4.28. The SMILES string of the molecule is CN(Cc1cccnc1)CC1CSCCN1. The second kappa shape index (κ2) is 6.23. The molecule has 1 unspecified atom stereocenters. The van der Waals surface area contributed by atoms with Crippen molar-refractivity contribution in [2.45, 2.75) is 12.6 Å². The molecule has 1 aliphatic heterocycles. The van der Waals surface area contributed by atoms with E-state index in [1.807, 2.05) is 30.2 Å². The third kappa shape index (κ3) is 3.77. The number of nitrogens with zero attached hydrogens (tertiary/aromatic N) is 2. The normalized spacial score (nSPS) is 21.2. The first-order chi connectivity index (χ1) is 7.84. The lowest BCUT2D eigenvalue weighted by atomic mass is 10.2. The predicted octanol–water partition coefficient (Wildman–Crippen LogP) is 1.22. The maximum absolute atomic E-state index is 4.14. The van der Waals surface area contributed by atoms with Crippen LogP contribution in [-0.4, -0.2) is 47.6 Å². The molecule has 0 saturated carbocycles. The average Bonchev–Trinajstić information content (AvgIpc) is 2.31. The number of pyridine rings is 1. The number of likely N-dealkylation sites (N-methyl/N-ethyl adjacent to an activating group) is 1. The van der Waals surface area contributed by atoms with Gasteiger partial charge in [-0.1, -0.05) is 6.07 Å². The molecule has 2 heterocycles. The van der Waals surface area contributed by atoms with Crippen LogP contribution in [0.4, 0.5) is 0 Å². The summed E-state index contributed by atoms with van der Waals surface area (Å²) < 4.78 is 0. The maximum atomic E-state index is 4.14. The van der Waals surface area contributed by atoms with E-state index in [2.05, 4.69) is 28.3 Å². The van der Waals surface area contributed by atoms with E-state index in [4.69, 9.17) is 0 Å². The lowest BCUT2D eigenvalue weighted by Crippen LogP contribution is -2.44. The smallest absolute Gasteiger partial charge is 0.0312 e. The molecule has 0 radical (unpaired) electrons. The van der Waals surface area contributed by atoms with Gasteiger partial charge in [0.25, 0.3) is 0 Å². The summed E-state index contributed by atoms with van der Waals surface area (Å²) in [6.07, 6.45) is 3.77. The first-order valence-electron chi connectivity index (χ1n) is 5.73. The number of hydrogen-bond acceptors (Lipinski definition) is 4. The third-order valence-electron chi connectivity index (χ3n) is 2.71. The maximum Gasteiger partial charge on any atom is 0.0312 e. The van der Waals surface area contributed by atoms with E-state index in [0.29, 0.717) is 6.04 Å². The molecule has 0 amide bonds. The second-order valence-corrected chi connectivity index (χ2v) is 5.43. The molecule has 1 N–H and O–H groups in total. The average molecular weight is 237 g/mol. The predicted molar refractivity (Wildman–Crippen MR) is 69.7 cm³/mol. The quantitative estimate of drug-likeness (QED) is 0.852. The molecular formula is C12H19N3S. The fourth-order valence-electron chi connectivity index (χ4n) is 1.98. The molecule has 1 saturated heterocycles. The molecule has 1 fully saturated rings. The Morgan fingerprint density at radius 2 is 2.56 bits per heavy atom. The Labute approximate surface area is 102 Å². The molecule has 1 aromatic heterocycles. The Balaban J connectivity index is 1.77. The minimum Gasteiger partial charge on any atom is -0.311 e. The summed E-state index contributed by atoms with van der Waals surface area (Å²) >= 11 is 2.05. The Bertz CT molecular complexity index is 298. The summed E-state index contributed by atoms with van der Waals surface area (Å²) in [4.78, 5) is 6.50. The molecule has 88 valence electrons. The van der Waals surface area contributed by atoms with Gasteiger partial charge in [-0.3, -0.25) is 4.98 Å². The molecule has 1 aliphatic rings. The monoisotopic (exact) mass is 237 g/mol. The van der Waals surface area contributed by atoms with Gasteiger partial charge >= 0.3 is 0 Å². The van der Waals surface area contributed by atoms with Crippen LogP contribution in [0.1, 0.15) is 5.56 Å². The van der Waals surface area contributed by atoms with Gasteiger partial charge < -0.3 is 10.2 Å². The molecule has 0 aromatic carbocycles. The molecule has 0 spiro atoms. The van der Waals surface area contributed by atoms with Crippen molar-refractivity contribution >= 4 is 11.8 Å². The number of rotatable bonds is 4. The van der Waals surface area contributed by atoms with Crippen LogP contribution in [0.15, 0.2) is 24.5 Å². The summed E-state index contributed by atoms with van der Waals surface area (Å²) in [7, 11) is 2.17. The van der Waals surface area contributed by atoms with E-state index in [1.54, 1.807) is 0 Å². The number of nitrogens with one attached hydrogen (secondary N) is 1. The van der Waals surface area contributed by atoms with Gasteiger partial charge in [0.05, 0.1) is 0 Å². The Hall–Kier alpha value is -0.580. The van der Waals surface area contributed by atoms with Crippen LogP contribution in [-0.2, 0) is 6.54 Å². The lowest BCUT2D eigenvalue weighted by molar-refractivity contribution is 0.291. The highest BCUT2D eigenvalue weighted by molar-refractivity contribution is 7.99. The first-order valence-corrected chi connectivity index (χ1v) is 6.88. The van der Waals surface area contributed by atoms with Crippen LogP contribution >= 0.6 is 11.8 Å². The van der Waals surface area contributed by atoms with E-state index in [1.165, 1.54) is 17.1 Å². The van der Waals surface area contributed by atoms with E-state index in [0.717, 1.165) is 19.6 Å². The summed E-state index contributed by atoms with van der Waals surface area (Å²) in [6.45, 7) is 3.24. The van der Waals surface area contributed by atoms with E-state index in [9.17, 15) is 0 Å². The highest BCUT2D eigenvalue weighted by atomic mass is 32.2. The van der Waals surface area contributed by atoms with Gasteiger partial charge in [0, 0.05) is 49.6 Å². The molecule has 1 aromatic rings. The number of aromatic nitrogens is 1. The zero-order chi connectivity index (χ0) is 11.2. The van der Waals surface area contributed by atoms with Gasteiger partial charge in [0.15, 0.2) is 0 Å². The van der Waals surface area contributed by atoms with Crippen molar-refractivity contribution in [3.8, 4) is 0 Å². The molecule has 2 rings (SSSR count). The summed E-state index contributed by atoms with van der Waals surface area (Å²) in [5.74, 6) is 2.49. The molecular weight excluding hydrogens is 218 g/mol. The highest BCUT2D eigenvalue weighted by Gasteiger charge is 2.14.